The van der Waals surface area contributed by atoms with Gasteiger partial charge in [0.25, 0.3) is 0 Å². The van der Waals surface area contributed by atoms with Crippen molar-refractivity contribution in [3.63, 3.8) is 0 Å². The molecule has 6 heteroatoms. The Morgan fingerprint density at radius 3 is 2.25 bits per heavy atom. The molecule has 0 radical (unpaired) electrons. The topological polar surface area (TPSA) is 90.7 Å². The highest BCUT2D eigenvalue weighted by molar-refractivity contribution is 7.51. The van der Waals surface area contributed by atoms with Gasteiger partial charge in [-0.2, -0.15) is 0 Å². The van der Waals surface area contributed by atoms with Crippen molar-refractivity contribution in [3.8, 4) is 0 Å². The van der Waals surface area contributed by atoms with Gasteiger partial charge in [-0.15, -0.1) is 0 Å². The van der Waals surface area contributed by atoms with Crippen molar-refractivity contribution in [3.05, 3.63) is 30.1 Å². The first-order valence-electron chi connectivity index (χ1n) is 3.15. The van der Waals surface area contributed by atoms with Gasteiger partial charge in [-0.05, 0) is 17.7 Å². The van der Waals surface area contributed by atoms with E-state index in [1.54, 1.807) is 0 Å². The molecular weight excluding hydrogens is 181 g/mol. The molecule has 3 N–H and O–H groups in total. The summed E-state index contributed by atoms with van der Waals surface area (Å²) in [5, 5.41) is 9.07. The Labute approximate surface area is 68.9 Å². The minimum atomic E-state index is -4.45. The molecule has 1 rings (SSSR count). The Bertz CT molecular complexity index is 296. The van der Waals surface area contributed by atoms with Crippen LogP contribution in [-0.4, -0.2) is 19.9 Å². The van der Waals surface area contributed by atoms with Crippen LogP contribution in [0.15, 0.2) is 24.5 Å². The summed E-state index contributed by atoms with van der Waals surface area (Å²) < 4.78 is 10.6. The average Bonchev–Trinajstić information content (AvgIpc) is 2.03. The molecule has 1 aromatic rings. The van der Waals surface area contributed by atoms with Gasteiger partial charge >= 0.3 is 7.60 Å². The van der Waals surface area contributed by atoms with Crippen molar-refractivity contribution in [2.24, 2.45) is 0 Å². The maximum atomic E-state index is 10.6. The highest BCUT2D eigenvalue weighted by atomic mass is 31.2. The summed E-state index contributed by atoms with van der Waals surface area (Å²) in [6.45, 7) is 0. The van der Waals surface area contributed by atoms with Gasteiger partial charge in [0.15, 0.2) is 5.85 Å². The zero-order valence-corrected chi connectivity index (χ0v) is 6.93. The molecular formula is C6H8NO4P. The van der Waals surface area contributed by atoms with E-state index in [0.717, 1.165) is 0 Å². The summed E-state index contributed by atoms with van der Waals surface area (Å²) in [5.41, 5.74) is 0.165. The Kier molecular flexibility index (Phi) is 2.59. The largest absolute Gasteiger partial charge is 0.376 e. The summed E-state index contributed by atoms with van der Waals surface area (Å²) in [6.07, 6.45) is 2.71. The van der Waals surface area contributed by atoms with Gasteiger partial charge in [-0.3, -0.25) is 9.55 Å². The first-order valence-corrected chi connectivity index (χ1v) is 4.83. The number of hydrogen-bond donors (Lipinski definition) is 3. The van der Waals surface area contributed by atoms with Crippen LogP contribution < -0.4 is 0 Å². The quantitative estimate of drug-likeness (QED) is 0.580. The van der Waals surface area contributed by atoms with E-state index in [-0.39, 0.29) is 5.56 Å². The van der Waals surface area contributed by atoms with Gasteiger partial charge < -0.3 is 14.9 Å². The van der Waals surface area contributed by atoms with Gasteiger partial charge in [-0.1, -0.05) is 0 Å². The normalized spacial score (nSPS) is 14.2. The minimum Gasteiger partial charge on any atom is -0.376 e. The minimum absolute atomic E-state index is 0.165. The maximum absolute atomic E-state index is 10.6. The van der Waals surface area contributed by atoms with E-state index in [4.69, 9.17) is 14.9 Å². The maximum Gasteiger partial charge on any atom is 0.358 e. The van der Waals surface area contributed by atoms with E-state index >= 15 is 0 Å². The molecule has 66 valence electrons. The van der Waals surface area contributed by atoms with Crippen LogP contribution in [0.25, 0.3) is 0 Å². The van der Waals surface area contributed by atoms with Crippen LogP contribution in [0.4, 0.5) is 0 Å². The Balaban J connectivity index is 2.94. The number of aliphatic hydroxyl groups excluding tert-OH is 1. The van der Waals surface area contributed by atoms with Crippen LogP contribution >= 0.6 is 7.60 Å². The third-order valence-corrected chi connectivity index (χ3v) is 2.26. The molecule has 0 saturated carbocycles. The van der Waals surface area contributed by atoms with E-state index in [0.29, 0.717) is 0 Å². The smallest absolute Gasteiger partial charge is 0.358 e. The van der Waals surface area contributed by atoms with Crippen LogP contribution in [0, 0.1) is 0 Å². The summed E-state index contributed by atoms with van der Waals surface area (Å²) in [5.74, 6) is -1.75. The summed E-state index contributed by atoms with van der Waals surface area (Å²) in [7, 11) is -4.45. The molecule has 0 aliphatic heterocycles. The van der Waals surface area contributed by atoms with Crippen LogP contribution in [0.1, 0.15) is 11.4 Å². The van der Waals surface area contributed by atoms with Crippen molar-refractivity contribution < 1.29 is 19.5 Å². The van der Waals surface area contributed by atoms with E-state index in [1.807, 2.05) is 0 Å². The highest BCUT2D eigenvalue weighted by Gasteiger charge is 2.27. The summed E-state index contributed by atoms with van der Waals surface area (Å²) in [6, 6.07) is 2.70. The number of aromatic nitrogens is 1. The first-order chi connectivity index (χ1) is 5.52. The fraction of sp³-hybridized carbons (Fsp3) is 0.167. The lowest BCUT2D eigenvalue weighted by Crippen LogP contribution is -1.97. The SMILES string of the molecule is O=P(O)(O)[C@@H](O)c1ccncc1. The summed E-state index contributed by atoms with van der Waals surface area (Å²) in [4.78, 5) is 20.8. The number of hydrogen-bond acceptors (Lipinski definition) is 3. The molecule has 0 bridgehead atoms. The number of rotatable bonds is 2. The second-order valence-electron chi connectivity index (χ2n) is 2.24. The fourth-order valence-corrected chi connectivity index (χ4v) is 1.29. The number of pyridine rings is 1. The van der Waals surface area contributed by atoms with Crippen molar-refractivity contribution in [2.45, 2.75) is 5.85 Å². The molecule has 0 fully saturated rings. The molecule has 1 heterocycles. The fourth-order valence-electron chi connectivity index (χ4n) is 0.730. The third-order valence-electron chi connectivity index (χ3n) is 1.32. The van der Waals surface area contributed by atoms with Crippen LogP contribution in [0.5, 0.6) is 0 Å². The van der Waals surface area contributed by atoms with Crippen molar-refractivity contribution >= 4 is 7.60 Å². The van der Waals surface area contributed by atoms with Gasteiger partial charge in [0, 0.05) is 12.4 Å². The van der Waals surface area contributed by atoms with Crippen LogP contribution in [0.2, 0.25) is 0 Å². The monoisotopic (exact) mass is 189 g/mol. The van der Waals surface area contributed by atoms with Gasteiger partial charge in [-0.25, -0.2) is 0 Å². The predicted molar refractivity (Wildman–Crippen MR) is 41.2 cm³/mol. The molecule has 5 nitrogen and oxygen atoms in total. The van der Waals surface area contributed by atoms with Gasteiger partial charge in [0.1, 0.15) is 0 Å². The average molecular weight is 189 g/mol. The lowest BCUT2D eigenvalue weighted by molar-refractivity contribution is 0.205. The second-order valence-corrected chi connectivity index (χ2v) is 3.91. The molecule has 12 heavy (non-hydrogen) atoms. The van der Waals surface area contributed by atoms with Crippen LogP contribution in [0.3, 0.4) is 0 Å². The van der Waals surface area contributed by atoms with E-state index in [2.05, 4.69) is 4.98 Å². The van der Waals surface area contributed by atoms with Crippen molar-refractivity contribution in [2.75, 3.05) is 0 Å². The van der Waals surface area contributed by atoms with E-state index < -0.39 is 13.4 Å². The molecule has 0 spiro atoms. The Morgan fingerprint density at radius 2 is 1.83 bits per heavy atom. The van der Waals surface area contributed by atoms with Crippen molar-refractivity contribution in [1.82, 2.24) is 4.98 Å². The predicted octanol–water partition coefficient (Wildman–Crippen LogP) is 0.250. The zero-order valence-electron chi connectivity index (χ0n) is 6.03. The standard InChI is InChI=1S/C6H8NO4P/c8-6(12(9,10)11)5-1-3-7-4-2-5/h1-4,6,8H,(H2,9,10,11)/t6-/m1/s1. The zero-order chi connectivity index (χ0) is 9.19. The summed E-state index contributed by atoms with van der Waals surface area (Å²) >= 11 is 0. The van der Waals surface area contributed by atoms with Crippen molar-refractivity contribution in [1.29, 1.82) is 0 Å². The van der Waals surface area contributed by atoms with E-state index in [9.17, 15) is 4.57 Å². The molecule has 0 amide bonds. The lowest BCUT2D eigenvalue weighted by Gasteiger charge is -2.11. The molecule has 0 aromatic carbocycles. The molecule has 0 aliphatic rings. The molecule has 0 aliphatic carbocycles. The third kappa shape index (κ3) is 2.12. The molecule has 1 atom stereocenters. The highest BCUT2D eigenvalue weighted by Crippen LogP contribution is 2.49. The van der Waals surface area contributed by atoms with Gasteiger partial charge in [0.05, 0.1) is 0 Å². The lowest BCUT2D eigenvalue weighted by atomic mass is 10.3. The van der Waals surface area contributed by atoms with E-state index in [1.165, 1.54) is 24.5 Å². The number of nitrogens with zero attached hydrogens (tertiary/aromatic N) is 1. The number of aliphatic hydroxyl groups is 1. The van der Waals surface area contributed by atoms with Gasteiger partial charge in [0.2, 0.25) is 0 Å². The van der Waals surface area contributed by atoms with Crippen LogP contribution in [-0.2, 0) is 4.57 Å². The Morgan fingerprint density at radius 1 is 1.33 bits per heavy atom. The molecule has 1 aromatic heterocycles. The first kappa shape index (κ1) is 9.35. The molecule has 0 unspecified atom stereocenters. The second kappa shape index (κ2) is 3.33. The molecule has 0 saturated heterocycles. The Hall–Kier alpha value is -0.740.